The summed E-state index contributed by atoms with van der Waals surface area (Å²) in [6.07, 6.45) is 0.624. The molecule has 0 spiro atoms. The van der Waals surface area contributed by atoms with Gasteiger partial charge in [-0.25, -0.2) is 4.39 Å². The van der Waals surface area contributed by atoms with E-state index in [2.05, 4.69) is 0 Å². The van der Waals surface area contributed by atoms with Gasteiger partial charge in [-0.2, -0.15) is 0 Å². The van der Waals surface area contributed by atoms with E-state index in [1.54, 1.807) is 0 Å². The van der Waals surface area contributed by atoms with Crippen LogP contribution in [-0.4, -0.2) is 29.0 Å². The van der Waals surface area contributed by atoms with Crippen molar-refractivity contribution >= 4 is 17.6 Å². The molecule has 1 aliphatic heterocycles. The van der Waals surface area contributed by atoms with Crippen LogP contribution in [0.25, 0.3) is 0 Å². The molecule has 3 rings (SSSR count). The van der Waals surface area contributed by atoms with Gasteiger partial charge in [0.05, 0.1) is 18.4 Å². The number of halogens is 1. The zero-order valence-electron chi connectivity index (χ0n) is 9.43. The van der Waals surface area contributed by atoms with Gasteiger partial charge in [0, 0.05) is 5.56 Å². The average Bonchev–Trinajstić information content (AvgIpc) is 3.10. The first-order chi connectivity index (χ1) is 8.58. The third-order valence-electron chi connectivity index (χ3n) is 3.42. The number of ketones is 1. The highest BCUT2D eigenvalue weighted by Gasteiger charge is 2.58. The molecule has 2 atom stereocenters. The summed E-state index contributed by atoms with van der Waals surface area (Å²) in [5, 5.41) is 0. The Hall–Kier alpha value is -2.04. The second-order valence-corrected chi connectivity index (χ2v) is 4.64. The molecule has 2 amide bonds. The highest BCUT2D eigenvalue weighted by Crippen LogP contribution is 2.46. The number of nitrogens with zero attached hydrogens (tertiary/aromatic N) is 1. The number of piperidine rings is 1. The number of hydrogen-bond acceptors (Lipinski definition) is 3. The molecule has 0 aromatic heterocycles. The summed E-state index contributed by atoms with van der Waals surface area (Å²) in [6, 6.07) is 5.06. The van der Waals surface area contributed by atoms with E-state index in [4.69, 9.17) is 0 Å². The molecule has 2 fully saturated rings. The topological polar surface area (TPSA) is 54.5 Å². The maximum atomic E-state index is 12.7. The normalized spacial score (nSPS) is 25.3. The summed E-state index contributed by atoms with van der Waals surface area (Å²) >= 11 is 0. The van der Waals surface area contributed by atoms with Crippen molar-refractivity contribution in [3.63, 3.8) is 0 Å². The van der Waals surface area contributed by atoms with E-state index in [9.17, 15) is 18.8 Å². The van der Waals surface area contributed by atoms with Crippen LogP contribution in [0.5, 0.6) is 0 Å². The van der Waals surface area contributed by atoms with E-state index in [0.717, 1.165) is 4.90 Å². The third kappa shape index (κ3) is 1.63. The quantitative estimate of drug-likeness (QED) is 0.591. The minimum absolute atomic E-state index is 0.196. The fraction of sp³-hybridized carbons (Fsp3) is 0.308. The van der Waals surface area contributed by atoms with Crippen molar-refractivity contribution in [2.75, 3.05) is 6.54 Å². The SMILES string of the molecule is O=C(CN1C(=O)C2CC2C1=O)c1ccc(F)cc1. The molecule has 2 aliphatic rings. The molecule has 1 saturated carbocycles. The second-order valence-electron chi connectivity index (χ2n) is 4.64. The van der Waals surface area contributed by atoms with Gasteiger partial charge in [0.2, 0.25) is 11.8 Å². The number of fused-ring (bicyclic) bond motifs is 1. The van der Waals surface area contributed by atoms with Gasteiger partial charge >= 0.3 is 0 Å². The Morgan fingerprint density at radius 1 is 1.17 bits per heavy atom. The maximum Gasteiger partial charge on any atom is 0.233 e. The smallest absolute Gasteiger partial charge is 0.233 e. The molecule has 1 aromatic rings. The molecule has 18 heavy (non-hydrogen) atoms. The van der Waals surface area contributed by atoms with E-state index in [1.165, 1.54) is 24.3 Å². The van der Waals surface area contributed by atoms with Gasteiger partial charge in [-0.05, 0) is 30.7 Å². The molecule has 1 saturated heterocycles. The van der Waals surface area contributed by atoms with Crippen molar-refractivity contribution in [2.24, 2.45) is 11.8 Å². The number of hydrogen-bond donors (Lipinski definition) is 0. The highest BCUT2D eigenvalue weighted by atomic mass is 19.1. The van der Waals surface area contributed by atoms with Gasteiger partial charge in [0.15, 0.2) is 5.78 Å². The minimum Gasteiger partial charge on any atom is -0.292 e. The van der Waals surface area contributed by atoms with Crippen molar-refractivity contribution in [1.82, 2.24) is 4.90 Å². The van der Waals surface area contributed by atoms with Crippen LogP contribution >= 0.6 is 0 Å². The van der Waals surface area contributed by atoms with Gasteiger partial charge in [0.25, 0.3) is 0 Å². The first-order valence-corrected chi connectivity index (χ1v) is 5.72. The van der Waals surface area contributed by atoms with E-state index in [0.29, 0.717) is 12.0 Å². The Bertz CT molecular complexity index is 532. The van der Waals surface area contributed by atoms with Gasteiger partial charge < -0.3 is 0 Å². The van der Waals surface area contributed by atoms with Crippen molar-refractivity contribution in [3.05, 3.63) is 35.6 Å². The Morgan fingerprint density at radius 3 is 2.28 bits per heavy atom. The number of carbonyl (C=O) groups excluding carboxylic acids is 3. The lowest BCUT2D eigenvalue weighted by Gasteiger charge is -2.15. The fourth-order valence-electron chi connectivity index (χ4n) is 2.28. The van der Waals surface area contributed by atoms with Gasteiger partial charge in [-0.15, -0.1) is 0 Å². The maximum absolute atomic E-state index is 12.7. The summed E-state index contributed by atoms with van der Waals surface area (Å²) in [7, 11) is 0. The zero-order chi connectivity index (χ0) is 12.9. The molecule has 5 heteroatoms. The molecular formula is C13H10FNO3. The Kier molecular flexibility index (Phi) is 2.29. The van der Waals surface area contributed by atoms with Crippen LogP contribution < -0.4 is 0 Å². The molecular weight excluding hydrogens is 237 g/mol. The van der Waals surface area contributed by atoms with Gasteiger partial charge in [-0.1, -0.05) is 0 Å². The molecule has 1 aromatic carbocycles. The Morgan fingerprint density at radius 2 is 1.72 bits per heavy atom. The number of imide groups is 1. The predicted octanol–water partition coefficient (Wildman–Crippen LogP) is 1.01. The van der Waals surface area contributed by atoms with E-state index < -0.39 is 5.82 Å². The lowest BCUT2D eigenvalue weighted by molar-refractivity contribution is -0.140. The van der Waals surface area contributed by atoms with E-state index >= 15 is 0 Å². The van der Waals surface area contributed by atoms with Crippen LogP contribution in [0.1, 0.15) is 16.8 Å². The summed E-state index contributed by atoms with van der Waals surface area (Å²) < 4.78 is 12.7. The van der Waals surface area contributed by atoms with Crippen LogP contribution in [0.3, 0.4) is 0 Å². The number of amides is 2. The van der Waals surface area contributed by atoms with Crippen LogP contribution in [0, 0.1) is 17.7 Å². The molecule has 2 unspecified atom stereocenters. The molecule has 1 heterocycles. The Labute approximate surface area is 102 Å². The second kappa shape index (κ2) is 3.73. The summed E-state index contributed by atoms with van der Waals surface area (Å²) in [5.74, 6) is -1.67. The highest BCUT2D eigenvalue weighted by molar-refractivity contribution is 6.12. The third-order valence-corrected chi connectivity index (χ3v) is 3.42. The van der Waals surface area contributed by atoms with Crippen molar-refractivity contribution in [2.45, 2.75) is 6.42 Å². The van der Waals surface area contributed by atoms with Gasteiger partial charge in [0.1, 0.15) is 5.82 Å². The van der Waals surface area contributed by atoms with Crippen molar-refractivity contribution in [3.8, 4) is 0 Å². The molecule has 1 aliphatic carbocycles. The molecule has 92 valence electrons. The molecule has 0 N–H and O–H groups in total. The number of rotatable bonds is 3. The average molecular weight is 247 g/mol. The van der Waals surface area contributed by atoms with Crippen molar-refractivity contribution in [1.29, 1.82) is 0 Å². The van der Waals surface area contributed by atoms with Crippen LogP contribution in [-0.2, 0) is 9.59 Å². The zero-order valence-corrected chi connectivity index (χ0v) is 9.43. The molecule has 4 nitrogen and oxygen atoms in total. The molecule has 0 bridgehead atoms. The van der Waals surface area contributed by atoms with Crippen molar-refractivity contribution < 1.29 is 18.8 Å². The fourth-order valence-corrected chi connectivity index (χ4v) is 2.28. The predicted molar refractivity (Wildman–Crippen MR) is 59.0 cm³/mol. The number of benzene rings is 1. The van der Waals surface area contributed by atoms with E-state index in [1.807, 2.05) is 0 Å². The molecule has 0 radical (unpaired) electrons. The van der Waals surface area contributed by atoms with E-state index in [-0.39, 0.29) is 36.0 Å². The van der Waals surface area contributed by atoms with Crippen LogP contribution in [0.2, 0.25) is 0 Å². The first kappa shape index (κ1) is 11.1. The lowest BCUT2D eigenvalue weighted by Crippen LogP contribution is -2.37. The summed E-state index contributed by atoms with van der Waals surface area (Å²) in [6.45, 7) is -0.240. The largest absolute Gasteiger partial charge is 0.292 e. The number of likely N-dealkylation sites (tertiary alicyclic amines) is 1. The monoisotopic (exact) mass is 247 g/mol. The van der Waals surface area contributed by atoms with Crippen LogP contribution in [0.4, 0.5) is 4.39 Å². The lowest BCUT2D eigenvalue weighted by atomic mass is 10.1. The minimum atomic E-state index is -0.430. The Balaban J connectivity index is 1.73. The van der Waals surface area contributed by atoms with Crippen LogP contribution in [0.15, 0.2) is 24.3 Å². The standard InChI is InChI=1S/C13H10FNO3/c14-8-3-1-7(2-4-8)11(16)6-15-12(17)9-5-10(9)13(15)18/h1-4,9-10H,5-6H2. The summed E-state index contributed by atoms with van der Waals surface area (Å²) in [5.41, 5.74) is 0.303. The number of carbonyl (C=O) groups is 3. The van der Waals surface area contributed by atoms with Gasteiger partial charge in [-0.3, -0.25) is 19.3 Å². The first-order valence-electron chi connectivity index (χ1n) is 5.72. The number of Topliss-reactive ketones (excluding diaryl/α,β-unsaturated/α-hetero) is 1. The summed E-state index contributed by atoms with van der Waals surface area (Å²) in [4.78, 5) is 36.2.